The smallest absolute Gasteiger partial charge is 0.209 e. The van der Waals surface area contributed by atoms with E-state index in [0.717, 1.165) is 6.26 Å². The predicted molar refractivity (Wildman–Crippen MR) is 59.3 cm³/mol. The molecule has 1 aromatic carbocycles. The fraction of sp³-hybridized carbons (Fsp3) is 0.400. The topological polar surface area (TPSA) is 55.4 Å². The highest BCUT2D eigenvalue weighted by molar-refractivity contribution is 7.88. The van der Waals surface area contributed by atoms with E-state index in [4.69, 9.17) is 4.74 Å². The second kappa shape index (κ2) is 4.80. The maximum Gasteiger partial charge on any atom is 0.209 e. The molecule has 1 rings (SSSR count). The lowest BCUT2D eigenvalue weighted by molar-refractivity contribution is 0.386. The monoisotopic (exact) mass is 247 g/mol. The summed E-state index contributed by atoms with van der Waals surface area (Å²) in [6.07, 6.45) is 1.06. The Hall–Kier alpha value is -1.14. The average Bonchev–Trinajstić information content (AvgIpc) is 2.15. The molecule has 0 unspecified atom stereocenters. The molecule has 90 valence electrons. The molecule has 4 nitrogen and oxygen atoms in total. The molecular formula is C10H14FNO3S. The Kier molecular flexibility index (Phi) is 3.88. The van der Waals surface area contributed by atoms with E-state index in [9.17, 15) is 12.8 Å². The summed E-state index contributed by atoms with van der Waals surface area (Å²) in [6.45, 7) is 1.64. The van der Waals surface area contributed by atoms with Gasteiger partial charge in [0, 0.05) is 6.04 Å². The van der Waals surface area contributed by atoms with Gasteiger partial charge in [-0.1, -0.05) is 6.07 Å². The van der Waals surface area contributed by atoms with Crippen LogP contribution in [-0.2, 0) is 10.0 Å². The van der Waals surface area contributed by atoms with Crippen LogP contribution in [0.1, 0.15) is 18.5 Å². The number of sulfonamides is 1. The van der Waals surface area contributed by atoms with E-state index in [1.807, 2.05) is 0 Å². The summed E-state index contributed by atoms with van der Waals surface area (Å²) in [4.78, 5) is 0. The first-order chi connectivity index (χ1) is 7.33. The minimum atomic E-state index is -3.30. The van der Waals surface area contributed by atoms with Gasteiger partial charge in [0.2, 0.25) is 10.0 Å². The number of nitrogens with one attached hydrogen (secondary N) is 1. The third-order valence-corrected chi connectivity index (χ3v) is 2.85. The second-order valence-electron chi connectivity index (χ2n) is 3.51. The highest BCUT2D eigenvalue weighted by atomic mass is 32.2. The minimum absolute atomic E-state index is 0.135. The van der Waals surface area contributed by atoms with Crippen LogP contribution in [0.25, 0.3) is 0 Å². The largest absolute Gasteiger partial charge is 0.494 e. The number of ether oxygens (including phenoxy) is 1. The lowest BCUT2D eigenvalue weighted by atomic mass is 10.1. The molecular weight excluding hydrogens is 233 g/mol. The van der Waals surface area contributed by atoms with Crippen LogP contribution in [0, 0.1) is 5.82 Å². The highest BCUT2D eigenvalue weighted by Gasteiger charge is 2.13. The molecule has 6 heteroatoms. The molecule has 1 aromatic rings. The quantitative estimate of drug-likeness (QED) is 0.876. The van der Waals surface area contributed by atoms with Crippen LogP contribution < -0.4 is 9.46 Å². The van der Waals surface area contributed by atoms with Crippen molar-refractivity contribution in [3.63, 3.8) is 0 Å². The molecule has 0 aliphatic carbocycles. The van der Waals surface area contributed by atoms with E-state index in [1.165, 1.54) is 19.2 Å². The number of rotatable bonds is 4. The van der Waals surface area contributed by atoms with Crippen molar-refractivity contribution >= 4 is 10.0 Å². The summed E-state index contributed by atoms with van der Waals surface area (Å²) in [6, 6.07) is 3.85. The van der Waals surface area contributed by atoms with Gasteiger partial charge in [0.25, 0.3) is 0 Å². The third-order valence-electron chi connectivity index (χ3n) is 2.07. The van der Waals surface area contributed by atoms with E-state index < -0.39 is 21.9 Å². The Morgan fingerprint density at radius 2 is 2.06 bits per heavy atom. The van der Waals surface area contributed by atoms with Crippen molar-refractivity contribution in [2.75, 3.05) is 13.4 Å². The van der Waals surface area contributed by atoms with Crippen LogP contribution in [0.2, 0.25) is 0 Å². The van der Waals surface area contributed by atoms with Crippen LogP contribution in [0.3, 0.4) is 0 Å². The van der Waals surface area contributed by atoms with E-state index in [-0.39, 0.29) is 5.75 Å². The number of hydrogen-bond donors (Lipinski definition) is 1. The summed E-state index contributed by atoms with van der Waals surface area (Å²) in [5.41, 5.74) is 0.545. The standard InChI is InChI=1S/C10H14FNO3S/c1-7(12-16(3,13)14)8-4-5-10(15-2)9(11)6-8/h4-7,12H,1-3H3/t7-/m0/s1. The first-order valence-electron chi connectivity index (χ1n) is 4.64. The first-order valence-corrected chi connectivity index (χ1v) is 6.53. The molecule has 0 bridgehead atoms. The Bertz CT molecular complexity index is 473. The summed E-state index contributed by atoms with van der Waals surface area (Å²) in [5.74, 6) is -0.377. The van der Waals surface area contributed by atoms with Crippen LogP contribution in [-0.4, -0.2) is 21.8 Å². The van der Waals surface area contributed by atoms with Crippen molar-refractivity contribution in [1.29, 1.82) is 0 Å². The third kappa shape index (κ3) is 3.46. The SMILES string of the molecule is COc1ccc([C@H](C)NS(C)(=O)=O)cc1F. The van der Waals surface area contributed by atoms with Crippen LogP contribution in [0.15, 0.2) is 18.2 Å². The molecule has 0 aliphatic rings. The van der Waals surface area contributed by atoms with Crippen molar-refractivity contribution < 1.29 is 17.5 Å². The van der Waals surface area contributed by atoms with Crippen molar-refractivity contribution in [3.8, 4) is 5.75 Å². The molecule has 0 amide bonds. The van der Waals surface area contributed by atoms with Crippen LogP contribution in [0.4, 0.5) is 4.39 Å². The second-order valence-corrected chi connectivity index (χ2v) is 5.29. The summed E-state index contributed by atoms with van der Waals surface area (Å²) in [7, 11) is -1.93. The summed E-state index contributed by atoms with van der Waals surface area (Å²) < 4.78 is 42.5. The molecule has 1 N–H and O–H groups in total. The normalized spacial score (nSPS) is 13.5. The molecule has 0 radical (unpaired) electrons. The zero-order valence-corrected chi connectivity index (χ0v) is 10.1. The zero-order chi connectivity index (χ0) is 12.3. The number of benzene rings is 1. The lowest BCUT2D eigenvalue weighted by Gasteiger charge is -2.13. The van der Waals surface area contributed by atoms with Gasteiger partial charge < -0.3 is 4.74 Å². The van der Waals surface area contributed by atoms with Gasteiger partial charge >= 0.3 is 0 Å². The van der Waals surface area contributed by atoms with Gasteiger partial charge in [0.15, 0.2) is 11.6 Å². The molecule has 0 aliphatic heterocycles. The minimum Gasteiger partial charge on any atom is -0.494 e. The molecule has 0 saturated heterocycles. The fourth-order valence-electron chi connectivity index (χ4n) is 1.34. The number of halogens is 1. The van der Waals surface area contributed by atoms with Gasteiger partial charge in [-0.3, -0.25) is 0 Å². The molecule has 0 saturated carbocycles. The first kappa shape index (κ1) is 12.9. The molecule has 0 aromatic heterocycles. The average molecular weight is 247 g/mol. The Balaban J connectivity index is 2.93. The zero-order valence-electron chi connectivity index (χ0n) is 9.32. The fourth-order valence-corrected chi connectivity index (χ4v) is 2.12. The van der Waals surface area contributed by atoms with Gasteiger partial charge in [-0.05, 0) is 24.6 Å². The summed E-state index contributed by atoms with van der Waals surface area (Å²) in [5, 5.41) is 0. The highest BCUT2D eigenvalue weighted by Crippen LogP contribution is 2.21. The lowest BCUT2D eigenvalue weighted by Crippen LogP contribution is -2.25. The van der Waals surface area contributed by atoms with Gasteiger partial charge in [-0.2, -0.15) is 0 Å². The number of methoxy groups -OCH3 is 1. The van der Waals surface area contributed by atoms with Crippen molar-refractivity contribution in [2.45, 2.75) is 13.0 Å². The predicted octanol–water partition coefficient (Wildman–Crippen LogP) is 1.44. The van der Waals surface area contributed by atoms with E-state index in [2.05, 4.69) is 4.72 Å². The Morgan fingerprint density at radius 3 is 2.50 bits per heavy atom. The van der Waals surface area contributed by atoms with Gasteiger partial charge in [0.05, 0.1) is 13.4 Å². The summed E-state index contributed by atoms with van der Waals surface area (Å²) >= 11 is 0. The van der Waals surface area contributed by atoms with Crippen molar-refractivity contribution in [3.05, 3.63) is 29.6 Å². The molecule has 0 heterocycles. The van der Waals surface area contributed by atoms with E-state index >= 15 is 0 Å². The molecule has 1 atom stereocenters. The Morgan fingerprint density at radius 1 is 1.44 bits per heavy atom. The van der Waals surface area contributed by atoms with Crippen LogP contribution in [0.5, 0.6) is 5.75 Å². The molecule has 0 spiro atoms. The van der Waals surface area contributed by atoms with Crippen LogP contribution >= 0.6 is 0 Å². The van der Waals surface area contributed by atoms with Crippen molar-refractivity contribution in [2.24, 2.45) is 0 Å². The number of hydrogen-bond acceptors (Lipinski definition) is 3. The molecule has 16 heavy (non-hydrogen) atoms. The maximum absolute atomic E-state index is 13.3. The maximum atomic E-state index is 13.3. The molecule has 0 fully saturated rings. The van der Waals surface area contributed by atoms with E-state index in [1.54, 1.807) is 13.0 Å². The van der Waals surface area contributed by atoms with E-state index in [0.29, 0.717) is 5.56 Å². The van der Waals surface area contributed by atoms with Gasteiger partial charge in [-0.25, -0.2) is 17.5 Å². The van der Waals surface area contributed by atoms with Gasteiger partial charge in [-0.15, -0.1) is 0 Å². The van der Waals surface area contributed by atoms with Gasteiger partial charge in [0.1, 0.15) is 0 Å². The Labute approximate surface area is 94.5 Å². The van der Waals surface area contributed by atoms with Crippen molar-refractivity contribution in [1.82, 2.24) is 4.72 Å².